The molecule has 0 bridgehead atoms. The number of anilines is 1. The van der Waals surface area contributed by atoms with Gasteiger partial charge in [-0.05, 0) is 42.9 Å². The third kappa shape index (κ3) is 2.50. The first kappa shape index (κ1) is 12.9. The summed E-state index contributed by atoms with van der Waals surface area (Å²) in [6.45, 7) is 8.84. The molecule has 1 aromatic carbocycles. The minimum absolute atomic E-state index is 0.163. The van der Waals surface area contributed by atoms with Gasteiger partial charge in [-0.15, -0.1) is 0 Å². The number of piperidine rings is 1. The van der Waals surface area contributed by atoms with E-state index in [1.54, 1.807) is 0 Å². The SMILES string of the molecule is Cc1ccc(C(=N)N)c(N2CCC(C)C(C)C2)c1. The van der Waals surface area contributed by atoms with E-state index in [1.807, 2.05) is 12.1 Å². The zero-order valence-electron chi connectivity index (χ0n) is 11.5. The fourth-order valence-corrected chi connectivity index (χ4v) is 2.61. The highest BCUT2D eigenvalue weighted by atomic mass is 15.1. The summed E-state index contributed by atoms with van der Waals surface area (Å²) in [5, 5.41) is 7.71. The van der Waals surface area contributed by atoms with Gasteiger partial charge < -0.3 is 10.6 Å². The van der Waals surface area contributed by atoms with Gasteiger partial charge in [0.15, 0.2) is 0 Å². The Balaban J connectivity index is 2.32. The van der Waals surface area contributed by atoms with Crippen LogP contribution in [0.3, 0.4) is 0 Å². The third-order valence-electron chi connectivity index (χ3n) is 4.12. The summed E-state index contributed by atoms with van der Waals surface area (Å²) in [6, 6.07) is 6.14. The first-order chi connectivity index (χ1) is 8.49. The Bertz CT molecular complexity index is 453. The molecule has 2 unspecified atom stereocenters. The molecule has 1 aliphatic rings. The molecular weight excluding hydrogens is 222 g/mol. The van der Waals surface area contributed by atoms with Crippen molar-refractivity contribution in [1.82, 2.24) is 0 Å². The van der Waals surface area contributed by atoms with Gasteiger partial charge >= 0.3 is 0 Å². The number of nitrogens with one attached hydrogen (secondary N) is 1. The van der Waals surface area contributed by atoms with Gasteiger partial charge in [-0.2, -0.15) is 0 Å². The molecule has 1 saturated heterocycles. The van der Waals surface area contributed by atoms with Crippen molar-refractivity contribution in [2.75, 3.05) is 18.0 Å². The smallest absolute Gasteiger partial charge is 0.124 e. The minimum atomic E-state index is 0.163. The van der Waals surface area contributed by atoms with Gasteiger partial charge in [-0.3, -0.25) is 5.41 Å². The molecule has 3 N–H and O–H groups in total. The zero-order valence-corrected chi connectivity index (χ0v) is 11.5. The van der Waals surface area contributed by atoms with Crippen molar-refractivity contribution in [2.24, 2.45) is 17.6 Å². The van der Waals surface area contributed by atoms with Crippen LogP contribution in [0.2, 0.25) is 0 Å². The number of nitrogen functional groups attached to an aromatic ring is 1. The van der Waals surface area contributed by atoms with Gasteiger partial charge in [-0.25, -0.2) is 0 Å². The molecule has 1 fully saturated rings. The van der Waals surface area contributed by atoms with Crippen LogP contribution in [0.15, 0.2) is 18.2 Å². The first-order valence-electron chi connectivity index (χ1n) is 6.69. The van der Waals surface area contributed by atoms with E-state index in [9.17, 15) is 0 Å². The predicted octanol–water partition coefficient (Wildman–Crippen LogP) is 2.76. The van der Waals surface area contributed by atoms with E-state index in [0.717, 1.165) is 30.3 Å². The predicted molar refractivity (Wildman–Crippen MR) is 77.4 cm³/mol. The lowest BCUT2D eigenvalue weighted by Crippen LogP contribution is -2.39. The van der Waals surface area contributed by atoms with Crippen LogP contribution < -0.4 is 10.6 Å². The molecule has 0 aliphatic carbocycles. The number of aryl methyl sites for hydroxylation is 1. The van der Waals surface area contributed by atoms with Crippen LogP contribution >= 0.6 is 0 Å². The van der Waals surface area contributed by atoms with E-state index in [2.05, 4.69) is 31.7 Å². The Kier molecular flexibility index (Phi) is 3.60. The number of nitrogens with zero attached hydrogens (tertiary/aromatic N) is 1. The van der Waals surface area contributed by atoms with Gasteiger partial charge in [-0.1, -0.05) is 19.9 Å². The molecule has 3 heteroatoms. The highest BCUT2D eigenvalue weighted by molar-refractivity contribution is 6.00. The number of benzene rings is 1. The van der Waals surface area contributed by atoms with Crippen LogP contribution in [0, 0.1) is 24.2 Å². The van der Waals surface area contributed by atoms with Crippen LogP contribution in [0.4, 0.5) is 5.69 Å². The average molecular weight is 245 g/mol. The lowest BCUT2D eigenvalue weighted by atomic mass is 9.88. The number of nitrogens with two attached hydrogens (primary N) is 1. The Morgan fingerprint density at radius 2 is 2.06 bits per heavy atom. The summed E-state index contributed by atoms with van der Waals surface area (Å²) in [5.41, 5.74) is 8.90. The highest BCUT2D eigenvalue weighted by Crippen LogP contribution is 2.29. The molecule has 1 heterocycles. The summed E-state index contributed by atoms with van der Waals surface area (Å²) in [5.74, 6) is 1.64. The van der Waals surface area contributed by atoms with Gasteiger partial charge in [0.1, 0.15) is 5.84 Å². The molecule has 2 atom stereocenters. The van der Waals surface area contributed by atoms with Crippen molar-refractivity contribution in [3.8, 4) is 0 Å². The van der Waals surface area contributed by atoms with E-state index in [4.69, 9.17) is 11.1 Å². The molecule has 0 aromatic heterocycles. The average Bonchev–Trinajstić information content (AvgIpc) is 2.32. The maximum Gasteiger partial charge on any atom is 0.124 e. The van der Waals surface area contributed by atoms with Crippen molar-refractivity contribution < 1.29 is 0 Å². The van der Waals surface area contributed by atoms with Crippen LogP contribution in [0.1, 0.15) is 31.4 Å². The molecule has 2 rings (SSSR count). The number of amidine groups is 1. The van der Waals surface area contributed by atoms with Gasteiger partial charge in [0.05, 0.1) is 0 Å². The summed E-state index contributed by atoms with van der Waals surface area (Å²) in [7, 11) is 0. The Morgan fingerprint density at radius 1 is 1.33 bits per heavy atom. The van der Waals surface area contributed by atoms with Crippen molar-refractivity contribution in [3.05, 3.63) is 29.3 Å². The van der Waals surface area contributed by atoms with Crippen LogP contribution in [0.25, 0.3) is 0 Å². The van der Waals surface area contributed by atoms with Crippen LogP contribution in [-0.2, 0) is 0 Å². The molecule has 1 aromatic rings. The Morgan fingerprint density at radius 3 is 2.67 bits per heavy atom. The zero-order chi connectivity index (χ0) is 13.3. The molecule has 18 heavy (non-hydrogen) atoms. The number of hydrogen-bond acceptors (Lipinski definition) is 2. The topological polar surface area (TPSA) is 53.1 Å². The first-order valence-corrected chi connectivity index (χ1v) is 6.69. The quantitative estimate of drug-likeness (QED) is 0.622. The second-order valence-corrected chi connectivity index (χ2v) is 5.62. The molecule has 1 aliphatic heterocycles. The summed E-state index contributed by atoms with van der Waals surface area (Å²) in [6.07, 6.45) is 1.21. The van der Waals surface area contributed by atoms with E-state index < -0.39 is 0 Å². The van der Waals surface area contributed by atoms with E-state index in [1.165, 1.54) is 12.0 Å². The maximum atomic E-state index is 7.71. The summed E-state index contributed by atoms with van der Waals surface area (Å²) < 4.78 is 0. The summed E-state index contributed by atoms with van der Waals surface area (Å²) >= 11 is 0. The van der Waals surface area contributed by atoms with Crippen molar-refractivity contribution in [3.63, 3.8) is 0 Å². The third-order valence-corrected chi connectivity index (χ3v) is 4.12. The normalized spacial score (nSPS) is 24.1. The molecule has 0 spiro atoms. The molecule has 0 saturated carbocycles. The second-order valence-electron chi connectivity index (χ2n) is 5.62. The van der Waals surface area contributed by atoms with Crippen molar-refractivity contribution in [1.29, 1.82) is 5.41 Å². The standard InChI is InChI=1S/C15H23N3/c1-10-4-5-13(15(16)17)14(8-10)18-7-6-11(2)12(3)9-18/h4-5,8,11-12H,6-7,9H2,1-3H3,(H3,16,17). The van der Waals surface area contributed by atoms with Gasteiger partial charge in [0.2, 0.25) is 0 Å². The van der Waals surface area contributed by atoms with E-state index in [0.29, 0.717) is 5.92 Å². The second kappa shape index (κ2) is 5.01. The van der Waals surface area contributed by atoms with E-state index in [-0.39, 0.29) is 5.84 Å². The lowest BCUT2D eigenvalue weighted by molar-refractivity contribution is 0.324. The molecule has 98 valence electrons. The van der Waals surface area contributed by atoms with Gasteiger partial charge in [0, 0.05) is 24.3 Å². The minimum Gasteiger partial charge on any atom is -0.384 e. The lowest BCUT2D eigenvalue weighted by Gasteiger charge is -2.37. The van der Waals surface area contributed by atoms with Crippen molar-refractivity contribution >= 4 is 11.5 Å². The fourth-order valence-electron chi connectivity index (χ4n) is 2.61. The number of rotatable bonds is 2. The monoisotopic (exact) mass is 245 g/mol. The molecular formula is C15H23N3. The molecule has 0 amide bonds. The van der Waals surface area contributed by atoms with Gasteiger partial charge in [0.25, 0.3) is 0 Å². The fraction of sp³-hybridized carbons (Fsp3) is 0.533. The van der Waals surface area contributed by atoms with Crippen LogP contribution in [0.5, 0.6) is 0 Å². The maximum absolute atomic E-state index is 7.71. The van der Waals surface area contributed by atoms with Crippen molar-refractivity contribution in [2.45, 2.75) is 27.2 Å². The Hall–Kier alpha value is -1.51. The Labute approximate surface area is 109 Å². The number of hydrogen-bond donors (Lipinski definition) is 2. The van der Waals surface area contributed by atoms with E-state index >= 15 is 0 Å². The molecule has 0 radical (unpaired) electrons. The molecule has 3 nitrogen and oxygen atoms in total. The van der Waals surface area contributed by atoms with Crippen LogP contribution in [-0.4, -0.2) is 18.9 Å². The summed E-state index contributed by atoms with van der Waals surface area (Å²) in [4.78, 5) is 2.38. The highest BCUT2D eigenvalue weighted by Gasteiger charge is 2.24. The largest absolute Gasteiger partial charge is 0.384 e.